The zero-order valence-corrected chi connectivity index (χ0v) is 8.55. The first kappa shape index (κ1) is 12.6. The highest BCUT2D eigenvalue weighted by Crippen LogP contribution is 2.25. The highest BCUT2D eigenvalue weighted by molar-refractivity contribution is 6.49. The molecule has 0 aliphatic heterocycles. The quantitative estimate of drug-likeness (QED) is 0.607. The van der Waals surface area contributed by atoms with Crippen molar-refractivity contribution >= 4 is 22.9 Å². The van der Waals surface area contributed by atoms with Crippen LogP contribution < -0.4 is 4.74 Å². The van der Waals surface area contributed by atoms with Crippen molar-refractivity contribution in [1.29, 1.82) is 0 Å². The fourth-order valence-electron chi connectivity index (χ4n) is 0.972. The molecule has 0 aliphatic rings. The number of hydrogen-bond acceptors (Lipinski definition) is 2. The number of ether oxygens (including phenoxy) is 1. The van der Waals surface area contributed by atoms with Crippen LogP contribution >= 0.6 is 11.6 Å². The molecule has 2 nitrogen and oxygen atoms in total. The Morgan fingerprint density at radius 1 is 1.25 bits per heavy atom. The average Bonchev–Trinajstić information content (AvgIpc) is 2.16. The number of halogens is 4. The molecule has 0 heterocycles. The van der Waals surface area contributed by atoms with Gasteiger partial charge in [0.25, 0.3) is 0 Å². The van der Waals surface area contributed by atoms with Gasteiger partial charge >= 0.3 is 6.36 Å². The van der Waals surface area contributed by atoms with E-state index in [1.54, 1.807) is 0 Å². The summed E-state index contributed by atoms with van der Waals surface area (Å²) in [6.45, 7) is 0. The molecule has 0 spiro atoms. The molecule has 0 aromatic heterocycles. The van der Waals surface area contributed by atoms with Crippen LogP contribution in [0.2, 0.25) is 0 Å². The summed E-state index contributed by atoms with van der Waals surface area (Å²) in [4.78, 5) is 10.1. The Morgan fingerprint density at radius 3 is 2.25 bits per heavy atom. The summed E-state index contributed by atoms with van der Waals surface area (Å²) >= 11 is 5.66. The summed E-state index contributed by atoms with van der Waals surface area (Å²) < 4.78 is 39.1. The third-order valence-electron chi connectivity index (χ3n) is 1.58. The van der Waals surface area contributed by atoms with E-state index in [-0.39, 0.29) is 10.8 Å². The third kappa shape index (κ3) is 3.94. The number of carbonyl (C=O) groups is 1. The Morgan fingerprint density at radius 2 is 1.81 bits per heavy atom. The number of allylic oxidation sites excluding steroid dienone is 1. The molecule has 0 fully saturated rings. The van der Waals surface area contributed by atoms with E-state index in [2.05, 4.69) is 4.74 Å². The molecule has 0 bridgehead atoms. The minimum absolute atomic E-state index is 0.147. The van der Waals surface area contributed by atoms with Crippen molar-refractivity contribution in [2.75, 3.05) is 0 Å². The lowest BCUT2D eigenvalue weighted by Gasteiger charge is -2.08. The van der Waals surface area contributed by atoms with Gasteiger partial charge in [0.05, 0.1) is 5.03 Å². The molecule has 6 heteroatoms. The van der Waals surface area contributed by atoms with Gasteiger partial charge < -0.3 is 4.74 Å². The molecule has 1 aromatic carbocycles. The minimum atomic E-state index is -4.72. The second-order valence-corrected chi connectivity index (χ2v) is 3.13. The normalized spacial score (nSPS) is 12.4. The van der Waals surface area contributed by atoms with Gasteiger partial charge in [0.1, 0.15) is 12.0 Å². The molecule has 0 N–H and O–H groups in total. The van der Waals surface area contributed by atoms with E-state index in [1.165, 1.54) is 12.1 Å². The second-order valence-electron chi connectivity index (χ2n) is 2.72. The summed E-state index contributed by atoms with van der Waals surface area (Å²) in [6.07, 6.45) is -3.13. The highest BCUT2D eigenvalue weighted by Gasteiger charge is 2.30. The van der Waals surface area contributed by atoms with Crippen molar-refractivity contribution in [2.24, 2.45) is 0 Å². The topological polar surface area (TPSA) is 26.3 Å². The average molecular weight is 251 g/mol. The second kappa shape index (κ2) is 5.03. The Labute approximate surface area is 94.3 Å². The van der Waals surface area contributed by atoms with Gasteiger partial charge in [0, 0.05) is 0 Å². The number of carbonyl (C=O) groups excluding carboxylic acids is 1. The fraction of sp³-hybridized carbons (Fsp3) is 0.100. The fourth-order valence-corrected chi connectivity index (χ4v) is 1.15. The summed E-state index contributed by atoms with van der Waals surface area (Å²) in [5.74, 6) is -0.341. The van der Waals surface area contributed by atoms with Gasteiger partial charge in [-0.25, -0.2) is 0 Å². The van der Waals surface area contributed by atoms with E-state index in [4.69, 9.17) is 11.6 Å². The smallest absolute Gasteiger partial charge is 0.406 e. The number of aldehydes is 1. The Balaban J connectivity index is 2.83. The van der Waals surface area contributed by atoms with Gasteiger partial charge in [0.15, 0.2) is 0 Å². The molecular weight excluding hydrogens is 245 g/mol. The van der Waals surface area contributed by atoms with Gasteiger partial charge in [0.2, 0.25) is 0 Å². The van der Waals surface area contributed by atoms with Crippen LogP contribution in [0.3, 0.4) is 0 Å². The largest absolute Gasteiger partial charge is 0.573 e. The molecule has 0 aliphatic carbocycles. The van der Waals surface area contributed by atoms with Crippen LogP contribution in [0.1, 0.15) is 5.56 Å². The standard InChI is InChI=1S/C10H6ClF3O2/c11-9(5-6-15)7-1-3-8(4-2-7)16-10(12,13)14/h1-6H/b9-5-. The third-order valence-corrected chi connectivity index (χ3v) is 1.92. The molecule has 0 saturated heterocycles. The summed E-state index contributed by atoms with van der Waals surface area (Å²) in [7, 11) is 0. The summed E-state index contributed by atoms with van der Waals surface area (Å²) in [5, 5.41) is 0.147. The zero-order valence-electron chi connectivity index (χ0n) is 7.79. The molecule has 0 amide bonds. The maximum Gasteiger partial charge on any atom is 0.573 e. The molecule has 0 unspecified atom stereocenters. The molecule has 16 heavy (non-hydrogen) atoms. The van der Waals surface area contributed by atoms with Crippen molar-refractivity contribution in [1.82, 2.24) is 0 Å². The van der Waals surface area contributed by atoms with E-state index in [1.807, 2.05) is 0 Å². The minimum Gasteiger partial charge on any atom is -0.406 e. The SMILES string of the molecule is O=C/C=C(\Cl)c1ccc(OC(F)(F)F)cc1. The predicted molar refractivity (Wildman–Crippen MR) is 53.0 cm³/mol. The lowest BCUT2D eigenvalue weighted by atomic mass is 10.2. The molecule has 0 radical (unpaired) electrons. The molecule has 1 aromatic rings. The van der Waals surface area contributed by atoms with Crippen molar-refractivity contribution in [3.8, 4) is 5.75 Å². The first-order chi connectivity index (χ1) is 7.42. The monoisotopic (exact) mass is 250 g/mol. The number of benzene rings is 1. The van der Waals surface area contributed by atoms with Crippen LogP contribution in [-0.2, 0) is 4.79 Å². The Bertz CT molecular complexity index is 396. The van der Waals surface area contributed by atoms with Crippen LogP contribution in [0, 0.1) is 0 Å². The Hall–Kier alpha value is -1.49. The van der Waals surface area contributed by atoms with Crippen LogP contribution in [0.25, 0.3) is 5.03 Å². The van der Waals surface area contributed by atoms with Gasteiger partial charge in [-0.15, -0.1) is 13.2 Å². The molecule has 1 rings (SSSR count). The van der Waals surface area contributed by atoms with Crippen molar-refractivity contribution in [3.63, 3.8) is 0 Å². The number of hydrogen-bond donors (Lipinski definition) is 0. The van der Waals surface area contributed by atoms with Crippen LogP contribution in [0.15, 0.2) is 30.3 Å². The number of rotatable bonds is 3. The maximum absolute atomic E-state index is 11.8. The highest BCUT2D eigenvalue weighted by atomic mass is 35.5. The van der Waals surface area contributed by atoms with Crippen LogP contribution in [0.5, 0.6) is 5.75 Å². The van der Waals surface area contributed by atoms with Crippen molar-refractivity contribution < 1.29 is 22.7 Å². The zero-order chi connectivity index (χ0) is 12.2. The van der Waals surface area contributed by atoms with Gasteiger partial charge in [-0.1, -0.05) is 11.6 Å². The lowest BCUT2D eigenvalue weighted by molar-refractivity contribution is -0.274. The van der Waals surface area contributed by atoms with E-state index in [0.717, 1.165) is 18.2 Å². The summed E-state index contributed by atoms with van der Waals surface area (Å²) in [5.41, 5.74) is 0.434. The first-order valence-corrected chi connectivity index (χ1v) is 4.47. The van der Waals surface area contributed by atoms with Gasteiger partial charge in [-0.05, 0) is 35.9 Å². The Kier molecular flexibility index (Phi) is 3.95. The summed E-state index contributed by atoms with van der Waals surface area (Å²) in [6, 6.07) is 4.88. The lowest BCUT2D eigenvalue weighted by Crippen LogP contribution is -2.16. The van der Waals surface area contributed by atoms with Crippen LogP contribution in [0.4, 0.5) is 13.2 Å². The van der Waals surface area contributed by atoms with E-state index >= 15 is 0 Å². The molecular formula is C10H6ClF3O2. The van der Waals surface area contributed by atoms with E-state index < -0.39 is 6.36 Å². The van der Waals surface area contributed by atoms with Crippen molar-refractivity contribution in [3.05, 3.63) is 35.9 Å². The first-order valence-electron chi connectivity index (χ1n) is 4.09. The molecule has 0 saturated carbocycles. The molecule has 0 atom stereocenters. The van der Waals surface area contributed by atoms with Gasteiger partial charge in [-0.3, -0.25) is 4.79 Å². The predicted octanol–water partition coefficient (Wildman–Crippen LogP) is 3.36. The van der Waals surface area contributed by atoms with Gasteiger partial charge in [-0.2, -0.15) is 0 Å². The van der Waals surface area contributed by atoms with Crippen molar-refractivity contribution in [2.45, 2.75) is 6.36 Å². The molecule has 86 valence electrons. The van der Waals surface area contributed by atoms with E-state index in [0.29, 0.717) is 11.8 Å². The number of alkyl halides is 3. The van der Waals surface area contributed by atoms with E-state index in [9.17, 15) is 18.0 Å². The van der Waals surface area contributed by atoms with Crippen LogP contribution in [-0.4, -0.2) is 12.6 Å². The maximum atomic E-state index is 11.8.